The van der Waals surface area contributed by atoms with Gasteiger partial charge in [0.1, 0.15) is 0 Å². The molecule has 0 aromatic carbocycles. The minimum absolute atomic E-state index is 0.988. The van der Waals surface area contributed by atoms with Gasteiger partial charge in [-0.25, -0.2) is 0 Å². The van der Waals surface area contributed by atoms with Crippen LogP contribution in [0.1, 0.15) is 11.4 Å². The molecule has 0 radical (unpaired) electrons. The van der Waals surface area contributed by atoms with E-state index in [4.69, 9.17) is 0 Å². The Hall–Kier alpha value is -0.390. The van der Waals surface area contributed by atoms with Crippen LogP contribution >= 0.6 is 15.9 Å². The lowest BCUT2D eigenvalue weighted by Crippen LogP contribution is -2.45. The van der Waals surface area contributed by atoms with E-state index in [0.717, 1.165) is 23.3 Å². The molecular weight excluding hydrogens is 280 g/mol. The fourth-order valence-corrected chi connectivity index (χ4v) is 2.48. The minimum atomic E-state index is 0.988. The van der Waals surface area contributed by atoms with Crippen LogP contribution in [0, 0.1) is 13.8 Å². The second-order valence-corrected chi connectivity index (χ2v) is 5.65. The zero-order valence-electron chi connectivity index (χ0n) is 10.9. The summed E-state index contributed by atoms with van der Waals surface area (Å²) in [5.74, 6) is 0. The predicted octanol–water partition coefficient (Wildman–Crippen LogP) is 1.51. The smallest absolute Gasteiger partial charge is 0.0738 e. The van der Waals surface area contributed by atoms with Gasteiger partial charge < -0.3 is 4.90 Å². The van der Waals surface area contributed by atoms with Gasteiger partial charge in [0.15, 0.2) is 0 Å². The quantitative estimate of drug-likeness (QED) is 0.846. The molecule has 0 N–H and O–H groups in total. The molecule has 0 atom stereocenters. The molecule has 1 saturated heterocycles. The van der Waals surface area contributed by atoms with Gasteiger partial charge in [-0.1, -0.05) is 0 Å². The fraction of sp³-hybridized carbons (Fsp3) is 0.750. The van der Waals surface area contributed by atoms with Crippen molar-refractivity contribution in [1.82, 2.24) is 19.6 Å². The molecule has 96 valence electrons. The van der Waals surface area contributed by atoms with Gasteiger partial charge >= 0.3 is 0 Å². The van der Waals surface area contributed by atoms with Gasteiger partial charge in [-0.15, -0.1) is 0 Å². The zero-order valence-corrected chi connectivity index (χ0v) is 12.5. The van der Waals surface area contributed by atoms with E-state index in [2.05, 4.69) is 49.5 Å². The molecule has 0 spiro atoms. The van der Waals surface area contributed by atoms with Crippen LogP contribution in [0.15, 0.2) is 4.47 Å². The molecule has 0 saturated carbocycles. The summed E-state index contributed by atoms with van der Waals surface area (Å²) >= 11 is 3.57. The predicted molar refractivity (Wildman–Crippen MR) is 73.3 cm³/mol. The second-order valence-electron chi connectivity index (χ2n) is 4.85. The molecule has 0 aliphatic carbocycles. The van der Waals surface area contributed by atoms with Crippen molar-refractivity contribution in [2.24, 2.45) is 0 Å². The number of hydrogen-bond acceptors (Lipinski definition) is 3. The first kappa shape index (κ1) is 13.1. The Labute approximate surface area is 112 Å². The summed E-state index contributed by atoms with van der Waals surface area (Å²) in [4.78, 5) is 4.90. The van der Waals surface area contributed by atoms with E-state index in [1.54, 1.807) is 0 Å². The van der Waals surface area contributed by atoms with Gasteiger partial charge in [-0.05, 0) is 36.8 Å². The summed E-state index contributed by atoms with van der Waals surface area (Å²) in [5.41, 5.74) is 2.32. The van der Waals surface area contributed by atoms with Gasteiger partial charge in [-0.2, -0.15) is 5.10 Å². The Kier molecular flexibility index (Phi) is 4.22. The van der Waals surface area contributed by atoms with Gasteiger partial charge in [0.05, 0.1) is 16.7 Å². The number of rotatable bonds is 3. The van der Waals surface area contributed by atoms with Crippen LogP contribution in [0.4, 0.5) is 0 Å². The minimum Gasteiger partial charge on any atom is -0.304 e. The van der Waals surface area contributed by atoms with E-state index in [0.29, 0.717) is 0 Å². The third-order valence-corrected chi connectivity index (χ3v) is 4.66. The van der Waals surface area contributed by atoms with Gasteiger partial charge in [-0.3, -0.25) is 9.58 Å². The van der Waals surface area contributed by atoms with Crippen LogP contribution in [0.25, 0.3) is 0 Å². The maximum Gasteiger partial charge on any atom is 0.0738 e. The largest absolute Gasteiger partial charge is 0.304 e. The number of halogens is 1. The standard InChI is InChI=1S/C12H21BrN4/c1-10-12(13)11(2)17(14-10)9-8-16-6-4-15(3)5-7-16/h4-9H2,1-3H3. The maximum atomic E-state index is 4.54. The number of hydrogen-bond donors (Lipinski definition) is 0. The van der Waals surface area contributed by atoms with E-state index >= 15 is 0 Å². The van der Waals surface area contributed by atoms with E-state index in [1.807, 2.05) is 6.92 Å². The Balaban J connectivity index is 1.87. The molecule has 4 nitrogen and oxygen atoms in total. The lowest BCUT2D eigenvalue weighted by Gasteiger charge is -2.32. The number of likely N-dealkylation sites (N-methyl/N-ethyl adjacent to an activating group) is 1. The molecule has 1 fully saturated rings. The molecule has 0 bridgehead atoms. The fourth-order valence-electron chi connectivity index (χ4n) is 2.20. The van der Waals surface area contributed by atoms with Crippen LogP contribution in [0.3, 0.4) is 0 Å². The molecule has 2 heterocycles. The monoisotopic (exact) mass is 300 g/mol. The summed E-state index contributed by atoms with van der Waals surface area (Å²) in [6.07, 6.45) is 0. The molecule has 1 aromatic rings. The number of nitrogens with zero attached hydrogens (tertiary/aromatic N) is 4. The van der Waals surface area contributed by atoms with Crippen molar-refractivity contribution < 1.29 is 0 Å². The molecule has 0 amide bonds. The molecule has 5 heteroatoms. The third-order valence-electron chi connectivity index (χ3n) is 3.52. The molecule has 17 heavy (non-hydrogen) atoms. The summed E-state index contributed by atoms with van der Waals surface area (Å²) in [7, 11) is 2.19. The Morgan fingerprint density at radius 2 is 1.76 bits per heavy atom. The molecule has 0 unspecified atom stereocenters. The Bertz CT molecular complexity index is 380. The average Bonchev–Trinajstić information content (AvgIpc) is 2.56. The Morgan fingerprint density at radius 3 is 2.29 bits per heavy atom. The second kappa shape index (κ2) is 5.50. The summed E-state index contributed by atoms with van der Waals surface area (Å²) in [6.45, 7) is 11.0. The first-order valence-electron chi connectivity index (χ1n) is 6.18. The maximum absolute atomic E-state index is 4.54. The summed E-state index contributed by atoms with van der Waals surface area (Å²) in [5, 5.41) is 4.54. The number of aryl methyl sites for hydroxylation is 1. The number of piperazine rings is 1. The molecule has 1 aliphatic heterocycles. The summed E-state index contributed by atoms with van der Waals surface area (Å²) < 4.78 is 3.26. The van der Waals surface area contributed by atoms with Crippen molar-refractivity contribution in [3.05, 3.63) is 15.9 Å². The third kappa shape index (κ3) is 3.09. The SMILES string of the molecule is Cc1nn(CCN2CCN(C)CC2)c(C)c1Br. The topological polar surface area (TPSA) is 24.3 Å². The Morgan fingerprint density at radius 1 is 1.12 bits per heavy atom. The van der Waals surface area contributed by atoms with Crippen molar-refractivity contribution >= 4 is 15.9 Å². The van der Waals surface area contributed by atoms with Gasteiger partial charge in [0.2, 0.25) is 0 Å². The van der Waals surface area contributed by atoms with Crippen LogP contribution in [0.5, 0.6) is 0 Å². The molecular formula is C12H21BrN4. The van der Waals surface area contributed by atoms with Gasteiger partial charge in [0, 0.05) is 38.4 Å². The zero-order chi connectivity index (χ0) is 12.4. The highest BCUT2D eigenvalue weighted by Crippen LogP contribution is 2.19. The van der Waals surface area contributed by atoms with Crippen molar-refractivity contribution in [2.45, 2.75) is 20.4 Å². The molecule has 2 rings (SSSR count). The van der Waals surface area contributed by atoms with Crippen LogP contribution in [-0.2, 0) is 6.54 Å². The first-order valence-corrected chi connectivity index (χ1v) is 6.97. The highest BCUT2D eigenvalue weighted by molar-refractivity contribution is 9.10. The first-order chi connectivity index (χ1) is 8.08. The van der Waals surface area contributed by atoms with Crippen LogP contribution in [-0.4, -0.2) is 59.4 Å². The highest BCUT2D eigenvalue weighted by atomic mass is 79.9. The lowest BCUT2D eigenvalue weighted by molar-refractivity contribution is 0.148. The van der Waals surface area contributed by atoms with Crippen molar-refractivity contribution in [2.75, 3.05) is 39.8 Å². The van der Waals surface area contributed by atoms with E-state index in [1.165, 1.54) is 31.9 Å². The van der Waals surface area contributed by atoms with Crippen LogP contribution < -0.4 is 0 Å². The highest BCUT2D eigenvalue weighted by Gasteiger charge is 2.14. The van der Waals surface area contributed by atoms with Gasteiger partial charge in [0.25, 0.3) is 0 Å². The number of aromatic nitrogens is 2. The van der Waals surface area contributed by atoms with Crippen molar-refractivity contribution in [1.29, 1.82) is 0 Å². The molecule has 1 aliphatic rings. The van der Waals surface area contributed by atoms with Crippen molar-refractivity contribution in [3.63, 3.8) is 0 Å². The average molecular weight is 301 g/mol. The lowest BCUT2D eigenvalue weighted by atomic mass is 10.3. The summed E-state index contributed by atoms with van der Waals surface area (Å²) in [6, 6.07) is 0. The van der Waals surface area contributed by atoms with E-state index in [9.17, 15) is 0 Å². The van der Waals surface area contributed by atoms with E-state index < -0.39 is 0 Å². The van der Waals surface area contributed by atoms with Crippen molar-refractivity contribution in [3.8, 4) is 0 Å². The van der Waals surface area contributed by atoms with Crippen LogP contribution in [0.2, 0.25) is 0 Å². The molecule has 1 aromatic heterocycles. The normalized spacial score (nSPS) is 18.8. The van der Waals surface area contributed by atoms with E-state index in [-0.39, 0.29) is 0 Å².